The van der Waals surface area contributed by atoms with Crippen LogP contribution in [0.5, 0.6) is 11.5 Å². The summed E-state index contributed by atoms with van der Waals surface area (Å²) in [6, 6.07) is 14.3. The van der Waals surface area contributed by atoms with E-state index in [2.05, 4.69) is 15.6 Å². The van der Waals surface area contributed by atoms with Crippen LogP contribution >= 0.6 is 0 Å². The summed E-state index contributed by atoms with van der Waals surface area (Å²) in [7, 11) is 1.58. The zero-order valence-corrected chi connectivity index (χ0v) is 23.8. The highest BCUT2D eigenvalue weighted by atomic mass is 16.5. The molecule has 0 radical (unpaired) electrons. The molecule has 3 aromatic rings. The van der Waals surface area contributed by atoms with E-state index >= 15 is 0 Å². The number of fused-ring (bicyclic) bond motifs is 4. The Morgan fingerprint density at radius 1 is 1.10 bits per heavy atom. The Labute approximate surface area is 245 Å². The largest absolute Gasteiger partial charge is 0.493 e. The molecule has 0 aliphatic carbocycles. The first-order valence-electron chi connectivity index (χ1n) is 14.4. The number of hydrogen-bond acceptors (Lipinski definition) is 7. The van der Waals surface area contributed by atoms with Crippen molar-refractivity contribution in [3.05, 3.63) is 66.5 Å². The van der Waals surface area contributed by atoms with E-state index in [1.807, 2.05) is 59.3 Å². The molecule has 222 valence electrons. The average Bonchev–Trinajstić information content (AvgIpc) is 3.71. The number of imidazole rings is 1. The Kier molecular flexibility index (Phi) is 9.70. The van der Waals surface area contributed by atoms with Gasteiger partial charge < -0.3 is 34.3 Å². The number of aromatic nitrogens is 2. The molecule has 5 rings (SSSR count). The number of ether oxygens (including phenoxy) is 3. The van der Waals surface area contributed by atoms with Crippen LogP contribution in [-0.4, -0.2) is 84.3 Å². The molecule has 2 N–H and O–H groups in total. The lowest BCUT2D eigenvalue weighted by atomic mass is 10.1. The van der Waals surface area contributed by atoms with E-state index in [1.165, 1.54) is 4.90 Å². The van der Waals surface area contributed by atoms with E-state index < -0.39 is 18.1 Å². The zero-order valence-electron chi connectivity index (χ0n) is 23.8. The van der Waals surface area contributed by atoms with Crippen molar-refractivity contribution in [1.29, 1.82) is 0 Å². The van der Waals surface area contributed by atoms with E-state index in [4.69, 9.17) is 14.2 Å². The Balaban J connectivity index is 1.41. The Morgan fingerprint density at radius 2 is 1.95 bits per heavy atom. The van der Waals surface area contributed by atoms with Crippen LogP contribution < -0.4 is 20.1 Å². The molecular weight excluding hydrogens is 538 g/mol. The molecule has 3 amide bonds. The number of methoxy groups -OCH3 is 1. The summed E-state index contributed by atoms with van der Waals surface area (Å²) in [5.41, 5.74) is 1.75. The van der Waals surface area contributed by atoms with Gasteiger partial charge in [0.1, 0.15) is 18.0 Å². The van der Waals surface area contributed by atoms with Gasteiger partial charge in [-0.2, -0.15) is 0 Å². The molecule has 2 bridgehead atoms. The maximum Gasteiger partial charge on any atom is 0.252 e. The summed E-state index contributed by atoms with van der Waals surface area (Å²) in [5.74, 6) is 0.915. The number of nitrogens with zero attached hydrogens (tertiary/aromatic N) is 3. The molecule has 11 heteroatoms. The molecule has 42 heavy (non-hydrogen) atoms. The number of hydrogen-bond donors (Lipinski definition) is 2. The molecule has 0 saturated carbocycles. The number of amides is 3. The van der Waals surface area contributed by atoms with Crippen LogP contribution in [0.25, 0.3) is 11.4 Å². The number of rotatable bonds is 4. The van der Waals surface area contributed by atoms with Crippen molar-refractivity contribution in [3.63, 3.8) is 0 Å². The van der Waals surface area contributed by atoms with E-state index in [0.29, 0.717) is 57.1 Å². The van der Waals surface area contributed by atoms with Crippen molar-refractivity contribution in [2.75, 3.05) is 40.0 Å². The molecule has 0 spiro atoms. The quantitative estimate of drug-likeness (QED) is 0.489. The van der Waals surface area contributed by atoms with Gasteiger partial charge in [0.05, 0.1) is 20.3 Å². The van der Waals surface area contributed by atoms with Crippen molar-refractivity contribution in [1.82, 2.24) is 25.1 Å². The minimum atomic E-state index is -0.812. The lowest BCUT2D eigenvalue weighted by Gasteiger charge is -2.26. The van der Waals surface area contributed by atoms with Crippen LogP contribution in [-0.2, 0) is 32.1 Å². The first kappa shape index (κ1) is 29.1. The predicted molar refractivity (Wildman–Crippen MR) is 155 cm³/mol. The lowest BCUT2D eigenvalue weighted by molar-refractivity contribution is -0.144. The van der Waals surface area contributed by atoms with Crippen LogP contribution in [0, 0.1) is 0 Å². The summed E-state index contributed by atoms with van der Waals surface area (Å²) in [6.45, 7) is 1.71. The summed E-state index contributed by atoms with van der Waals surface area (Å²) >= 11 is 0. The maximum atomic E-state index is 13.4. The Hall–Kier alpha value is -4.38. The standard InChI is InChI=1S/C31H37N5O6/c1-40-25-11-10-23-20-27(25)42-18-6-14-36(31(39)26-9-5-17-41-26)21-28(37)34-24(19-22-7-3-2-4-8-22)30(38)33-13-16-35-15-12-32-29(23)35/h2-4,7-8,10-12,15,20,24,26H,5-6,9,13-14,16-19,21H2,1H3,(H,33,38)(H,34,37)/t24-,26+/m0/s1. The second-order valence-corrected chi connectivity index (χ2v) is 10.4. The fourth-order valence-electron chi connectivity index (χ4n) is 5.25. The van der Waals surface area contributed by atoms with Gasteiger partial charge in [0.15, 0.2) is 11.5 Å². The highest BCUT2D eigenvalue weighted by Gasteiger charge is 2.30. The van der Waals surface area contributed by atoms with Crippen molar-refractivity contribution < 1.29 is 28.6 Å². The third-order valence-electron chi connectivity index (χ3n) is 7.40. The van der Waals surface area contributed by atoms with Gasteiger partial charge in [-0.15, -0.1) is 0 Å². The maximum absolute atomic E-state index is 13.4. The van der Waals surface area contributed by atoms with Gasteiger partial charge in [-0.25, -0.2) is 4.98 Å². The van der Waals surface area contributed by atoms with Gasteiger partial charge in [-0.1, -0.05) is 30.3 Å². The highest BCUT2D eigenvalue weighted by Crippen LogP contribution is 2.32. The topological polar surface area (TPSA) is 124 Å². The predicted octanol–water partition coefficient (Wildman–Crippen LogP) is 2.19. The monoisotopic (exact) mass is 575 g/mol. The van der Waals surface area contributed by atoms with Gasteiger partial charge in [0.2, 0.25) is 11.8 Å². The fourth-order valence-corrected chi connectivity index (χ4v) is 5.25. The second-order valence-electron chi connectivity index (χ2n) is 10.4. The summed E-state index contributed by atoms with van der Waals surface area (Å²) in [4.78, 5) is 46.0. The lowest BCUT2D eigenvalue weighted by Crippen LogP contribution is -2.52. The molecule has 2 aliphatic heterocycles. The third-order valence-corrected chi connectivity index (χ3v) is 7.40. The minimum absolute atomic E-state index is 0.186. The van der Waals surface area contributed by atoms with Gasteiger partial charge in [0.25, 0.3) is 5.91 Å². The van der Waals surface area contributed by atoms with Crippen LogP contribution in [0.4, 0.5) is 0 Å². The number of carbonyl (C=O) groups excluding carboxylic acids is 3. The normalized spacial score (nSPS) is 20.4. The van der Waals surface area contributed by atoms with Crippen molar-refractivity contribution >= 4 is 17.7 Å². The number of carbonyl (C=O) groups is 3. The molecule has 1 fully saturated rings. The van der Waals surface area contributed by atoms with Crippen molar-refractivity contribution in [2.45, 2.75) is 44.4 Å². The number of nitrogens with one attached hydrogen (secondary N) is 2. The molecule has 0 unspecified atom stereocenters. The molecule has 1 saturated heterocycles. The molecule has 2 atom stereocenters. The smallest absolute Gasteiger partial charge is 0.252 e. The Bertz CT molecular complexity index is 1370. The summed E-state index contributed by atoms with van der Waals surface area (Å²) in [6.07, 6.45) is 5.20. The molecule has 2 aliphatic rings. The summed E-state index contributed by atoms with van der Waals surface area (Å²) in [5, 5.41) is 5.84. The van der Waals surface area contributed by atoms with Crippen molar-refractivity contribution in [3.8, 4) is 22.9 Å². The second kappa shape index (κ2) is 14.0. The summed E-state index contributed by atoms with van der Waals surface area (Å²) < 4.78 is 19.2. The first-order valence-corrected chi connectivity index (χ1v) is 14.4. The zero-order chi connectivity index (χ0) is 29.3. The van der Waals surface area contributed by atoms with Gasteiger partial charge in [-0.05, 0) is 43.0 Å². The number of benzene rings is 2. The van der Waals surface area contributed by atoms with Crippen LogP contribution in [0.15, 0.2) is 60.9 Å². The first-order chi connectivity index (χ1) is 20.5. The van der Waals surface area contributed by atoms with Gasteiger partial charge >= 0.3 is 0 Å². The van der Waals surface area contributed by atoms with Crippen molar-refractivity contribution in [2.24, 2.45) is 0 Å². The van der Waals surface area contributed by atoms with Gasteiger partial charge in [-0.3, -0.25) is 14.4 Å². The van der Waals surface area contributed by atoms with Crippen LogP contribution in [0.2, 0.25) is 0 Å². The van der Waals surface area contributed by atoms with Crippen LogP contribution in [0.3, 0.4) is 0 Å². The molecule has 11 nitrogen and oxygen atoms in total. The highest BCUT2D eigenvalue weighted by molar-refractivity contribution is 5.91. The Morgan fingerprint density at radius 3 is 2.74 bits per heavy atom. The minimum Gasteiger partial charge on any atom is -0.493 e. The van der Waals surface area contributed by atoms with E-state index in [9.17, 15) is 14.4 Å². The van der Waals surface area contributed by atoms with E-state index in [1.54, 1.807) is 13.3 Å². The van der Waals surface area contributed by atoms with E-state index in [-0.39, 0.29) is 24.9 Å². The fraction of sp³-hybridized carbons (Fsp3) is 0.419. The SMILES string of the molecule is COc1ccc2cc1OCCCN(C(=O)[C@H]1CCCO1)CC(=O)N[C@@H](Cc1ccccc1)C(=O)NCCn1ccnc1-2. The average molecular weight is 576 g/mol. The molecule has 2 aromatic carbocycles. The molecular formula is C31H37N5O6. The van der Waals surface area contributed by atoms with Crippen LogP contribution in [0.1, 0.15) is 24.8 Å². The molecule has 3 heterocycles. The molecule has 1 aromatic heterocycles. The van der Waals surface area contributed by atoms with Gasteiger partial charge in [0, 0.05) is 50.6 Å². The van der Waals surface area contributed by atoms with E-state index in [0.717, 1.165) is 23.4 Å². The third kappa shape index (κ3) is 7.27.